The average Bonchev–Trinajstić information content (AvgIpc) is 3.71. The molecule has 0 unspecified atom stereocenters. The molecule has 2 nitrogen and oxygen atoms in total. The van der Waals surface area contributed by atoms with E-state index < -0.39 is 0 Å². The van der Waals surface area contributed by atoms with Gasteiger partial charge in [-0.15, -0.1) is 22.7 Å². The van der Waals surface area contributed by atoms with E-state index in [1.807, 2.05) is 22.7 Å². The first kappa shape index (κ1) is 31.2. The summed E-state index contributed by atoms with van der Waals surface area (Å²) in [5, 5.41) is 0. The van der Waals surface area contributed by atoms with Crippen molar-refractivity contribution < 1.29 is 0 Å². The Hall–Kier alpha value is -4.38. The summed E-state index contributed by atoms with van der Waals surface area (Å²) < 4.78 is 0. The highest BCUT2D eigenvalue weighted by molar-refractivity contribution is 7.16. The van der Waals surface area contributed by atoms with Crippen LogP contribution in [0.3, 0.4) is 0 Å². The first-order valence-corrected chi connectivity index (χ1v) is 18.0. The maximum atomic E-state index is 2.61. The molecule has 7 rings (SSSR count). The van der Waals surface area contributed by atoms with Crippen LogP contribution in [0.1, 0.15) is 54.3 Å². The fourth-order valence-corrected chi connectivity index (χ4v) is 9.62. The molecule has 6 aromatic rings. The van der Waals surface area contributed by atoms with Crippen LogP contribution in [0.5, 0.6) is 0 Å². The second kappa shape index (κ2) is 12.3. The Morgan fingerprint density at radius 3 is 1.13 bits per heavy atom. The van der Waals surface area contributed by atoms with Gasteiger partial charge in [-0.2, -0.15) is 0 Å². The quantitative estimate of drug-likeness (QED) is 0.177. The molecule has 236 valence electrons. The van der Waals surface area contributed by atoms with Crippen molar-refractivity contribution in [2.75, 3.05) is 16.5 Å². The molecule has 0 atom stereocenters. The fraction of sp³-hybridized carbons (Fsp3) is 0.209. The van der Waals surface area contributed by atoms with Crippen LogP contribution in [0.4, 0.5) is 11.4 Å². The van der Waals surface area contributed by atoms with Crippen LogP contribution >= 0.6 is 22.7 Å². The Bertz CT molecular complexity index is 1950. The predicted molar refractivity (Wildman–Crippen MR) is 207 cm³/mol. The summed E-state index contributed by atoms with van der Waals surface area (Å²) >= 11 is 3.79. The summed E-state index contributed by atoms with van der Waals surface area (Å²) in [5.41, 5.74) is 18.2. The maximum Gasteiger partial charge on any atom is 0.100 e. The van der Waals surface area contributed by atoms with E-state index in [0.29, 0.717) is 0 Å². The zero-order chi connectivity index (χ0) is 33.0. The standard InChI is InChI=1S/C43H42N2S2/c1-26-19-28(3)40(29(4)20-26)44-25-45(41-30(5)21-27(2)22-31(41)6)43(37-24-39(47-33(37)8)35-17-13-10-14-18-35)42(44)36-23-38(46-32(36)7)34-15-11-9-12-16-34/h9-24H,25H2,1-8H3. The van der Waals surface area contributed by atoms with E-state index in [1.54, 1.807) is 0 Å². The molecule has 0 saturated carbocycles. The van der Waals surface area contributed by atoms with Gasteiger partial charge in [-0.3, -0.25) is 0 Å². The van der Waals surface area contributed by atoms with E-state index in [1.165, 1.54) is 97.9 Å². The second-order valence-electron chi connectivity index (χ2n) is 13.1. The number of rotatable bonds is 6. The molecule has 0 amide bonds. The SMILES string of the molecule is Cc1cc(C)c(N2CN(c3c(C)cc(C)cc3C)C(c3cc(-c4ccccc4)sc3C)=C2c2cc(-c3ccccc3)sc2C)c(C)c1. The van der Waals surface area contributed by atoms with Gasteiger partial charge in [0.05, 0.1) is 11.4 Å². The summed E-state index contributed by atoms with van der Waals surface area (Å²) in [5.74, 6) is 0. The molecule has 47 heavy (non-hydrogen) atoms. The van der Waals surface area contributed by atoms with E-state index in [0.717, 1.165) is 6.67 Å². The van der Waals surface area contributed by atoms with Crippen LogP contribution < -0.4 is 9.80 Å². The Labute approximate surface area is 288 Å². The van der Waals surface area contributed by atoms with Crippen molar-refractivity contribution in [3.05, 3.63) is 151 Å². The van der Waals surface area contributed by atoms with Gasteiger partial charge in [-0.25, -0.2) is 0 Å². The molecule has 0 aliphatic carbocycles. The maximum absolute atomic E-state index is 2.61. The van der Waals surface area contributed by atoms with E-state index in [-0.39, 0.29) is 0 Å². The molecule has 1 aliphatic rings. The topological polar surface area (TPSA) is 6.48 Å². The number of benzene rings is 4. The van der Waals surface area contributed by atoms with Gasteiger partial charge in [0.1, 0.15) is 6.67 Å². The smallest absolute Gasteiger partial charge is 0.100 e. The lowest BCUT2D eigenvalue weighted by molar-refractivity contribution is 0.964. The summed E-state index contributed by atoms with van der Waals surface area (Å²) in [4.78, 5) is 10.5. The van der Waals surface area contributed by atoms with Crippen molar-refractivity contribution in [1.82, 2.24) is 0 Å². The fourth-order valence-electron chi connectivity index (χ4n) is 7.57. The number of hydrogen-bond acceptors (Lipinski definition) is 4. The highest BCUT2D eigenvalue weighted by Gasteiger charge is 2.37. The largest absolute Gasteiger partial charge is 0.320 e. The van der Waals surface area contributed by atoms with Crippen LogP contribution in [-0.4, -0.2) is 6.67 Å². The first-order chi connectivity index (χ1) is 22.6. The first-order valence-electron chi connectivity index (χ1n) is 16.4. The van der Waals surface area contributed by atoms with E-state index in [4.69, 9.17) is 0 Å². The Morgan fingerprint density at radius 1 is 0.447 bits per heavy atom. The molecule has 0 bridgehead atoms. The van der Waals surface area contributed by atoms with Crippen molar-refractivity contribution in [3.8, 4) is 20.9 Å². The minimum Gasteiger partial charge on any atom is -0.320 e. The van der Waals surface area contributed by atoms with Gasteiger partial charge in [0, 0.05) is 42.0 Å². The molecule has 0 spiro atoms. The molecule has 0 fully saturated rings. The Kier molecular flexibility index (Phi) is 8.20. The predicted octanol–water partition coefficient (Wildman–Crippen LogP) is 12.4. The molecular formula is C43H42N2S2. The number of hydrogen-bond donors (Lipinski definition) is 0. The summed E-state index contributed by atoms with van der Waals surface area (Å²) in [6.07, 6.45) is 0. The Morgan fingerprint density at radius 2 is 0.787 bits per heavy atom. The normalized spacial score (nSPS) is 13.3. The number of anilines is 2. The monoisotopic (exact) mass is 650 g/mol. The van der Waals surface area contributed by atoms with E-state index >= 15 is 0 Å². The lowest BCUT2D eigenvalue weighted by Crippen LogP contribution is -2.29. The third-order valence-corrected chi connectivity index (χ3v) is 11.5. The van der Waals surface area contributed by atoms with Crippen LogP contribution in [-0.2, 0) is 0 Å². The lowest BCUT2D eigenvalue weighted by atomic mass is 9.99. The van der Waals surface area contributed by atoms with Gasteiger partial charge in [0.2, 0.25) is 0 Å². The van der Waals surface area contributed by atoms with Crippen molar-refractivity contribution in [3.63, 3.8) is 0 Å². The number of thiophene rings is 2. The summed E-state index contributed by atoms with van der Waals surface area (Å²) in [7, 11) is 0. The van der Waals surface area contributed by atoms with Crippen molar-refractivity contribution in [1.29, 1.82) is 0 Å². The van der Waals surface area contributed by atoms with Crippen LogP contribution in [0.25, 0.3) is 32.3 Å². The molecular weight excluding hydrogens is 609 g/mol. The molecule has 1 aliphatic heterocycles. The van der Waals surface area contributed by atoms with E-state index in [2.05, 4.69) is 162 Å². The van der Waals surface area contributed by atoms with E-state index in [9.17, 15) is 0 Å². The lowest BCUT2D eigenvalue weighted by Gasteiger charge is -2.29. The van der Waals surface area contributed by atoms with Gasteiger partial charge in [-0.05, 0) is 101 Å². The molecule has 4 heteroatoms. The summed E-state index contributed by atoms with van der Waals surface area (Å²) in [6.45, 7) is 18.8. The minimum absolute atomic E-state index is 0.742. The minimum atomic E-state index is 0.742. The van der Waals surface area contributed by atoms with Gasteiger partial charge in [0.25, 0.3) is 0 Å². The molecule has 0 N–H and O–H groups in total. The zero-order valence-electron chi connectivity index (χ0n) is 28.7. The van der Waals surface area contributed by atoms with Crippen molar-refractivity contribution in [2.24, 2.45) is 0 Å². The second-order valence-corrected chi connectivity index (χ2v) is 15.6. The summed E-state index contributed by atoms with van der Waals surface area (Å²) in [6, 6.07) is 35.9. The average molecular weight is 651 g/mol. The third-order valence-electron chi connectivity index (χ3n) is 9.32. The van der Waals surface area contributed by atoms with Crippen molar-refractivity contribution in [2.45, 2.75) is 55.4 Å². The van der Waals surface area contributed by atoms with Gasteiger partial charge < -0.3 is 9.80 Å². The Balaban J connectivity index is 1.57. The highest BCUT2D eigenvalue weighted by Crippen LogP contribution is 2.50. The van der Waals surface area contributed by atoms with Gasteiger partial charge in [0.15, 0.2) is 0 Å². The molecule has 0 saturated heterocycles. The molecule has 0 radical (unpaired) electrons. The van der Waals surface area contributed by atoms with Gasteiger partial charge >= 0.3 is 0 Å². The van der Waals surface area contributed by atoms with Crippen LogP contribution in [0.15, 0.2) is 97.1 Å². The van der Waals surface area contributed by atoms with Gasteiger partial charge in [-0.1, -0.05) is 96.1 Å². The molecule has 3 heterocycles. The molecule has 2 aromatic heterocycles. The number of nitrogens with zero attached hydrogens (tertiary/aromatic N) is 2. The highest BCUT2D eigenvalue weighted by atomic mass is 32.1. The molecule has 4 aromatic carbocycles. The third kappa shape index (κ3) is 5.64. The number of aryl methyl sites for hydroxylation is 8. The van der Waals surface area contributed by atoms with Crippen LogP contribution in [0.2, 0.25) is 0 Å². The van der Waals surface area contributed by atoms with Crippen molar-refractivity contribution >= 4 is 45.4 Å². The zero-order valence-corrected chi connectivity index (χ0v) is 30.3. The van der Waals surface area contributed by atoms with Crippen LogP contribution in [0, 0.1) is 55.4 Å².